The fraction of sp³-hybridized carbons (Fsp3) is 0.296. The Morgan fingerprint density at radius 3 is 2.89 bits per heavy atom. The highest BCUT2D eigenvalue weighted by Crippen LogP contribution is 2.34. The second kappa shape index (κ2) is 10.3. The highest BCUT2D eigenvalue weighted by molar-refractivity contribution is 7.09. The minimum Gasteiger partial charge on any atom is -0.358 e. The number of likely N-dealkylation sites (tertiary alicyclic amines) is 1. The summed E-state index contributed by atoms with van der Waals surface area (Å²) in [6, 6.07) is 8.02. The molecular formula is C27H28FN5O3S. The van der Waals surface area contributed by atoms with Crippen molar-refractivity contribution in [2.75, 3.05) is 25.0 Å². The van der Waals surface area contributed by atoms with Crippen LogP contribution in [0.3, 0.4) is 0 Å². The van der Waals surface area contributed by atoms with Crippen molar-refractivity contribution >= 4 is 46.4 Å². The van der Waals surface area contributed by atoms with Gasteiger partial charge in [-0.05, 0) is 61.6 Å². The highest BCUT2D eigenvalue weighted by atomic mass is 32.1. The third-order valence-electron chi connectivity index (χ3n) is 6.79. The van der Waals surface area contributed by atoms with Gasteiger partial charge < -0.3 is 25.8 Å². The SMILES string of the molecule is Cc1[nH]c(/C=C2\C(=O)Nc3ccc(F)cc32)c(C)c1C(=O)N[C@H]1CCN(C(=O)CNCc2cccs2)C1. The molecular weight excluding hydrogens is 493 g/mol. The fourth-order valence-corrected chi connectivity index (χ4v) is 5.56. The Morgan fingerprint density at radius 1 is 1.27 bits per heavy atom. The summed E-state index contributed by atoms with van der Waals surface area (Å²) in [5.41, 5.74) is 3.87. The molecule has 8 nitrogen and oxygen atoms in total. The Bertz CT molecular complexity index is 1400. The molecule has 2 aromatic heterocycles. The Balaban J connectivity index is 1.22. The van der Waals surface area contributed by atoms with Crippen molar-refractivity contribution in [2.24, 2.45) is 0 Å². The molecule has 3 aromatic rings. The molecule has 4 N–H and O–H groups in total. The van der Waals surface area contributed by atoms with E-state index < -0.39 is 5.82 Å². The Hall–Kier alpha value is -3.76. The summed E-state index contributed by atoms with van der Waals surface area (Å²) in [5, 5.41) is 11.0. The van der Waals surface area contributed by atoms with Crippen LogP contribution in [0.25, 0.3) is 11.6 Å². The maximum absolute atomic E-state index is 13.8. The lowest BCUT2D eigenvalue weighted by atomic mass is 10.0. The van der Waals surface area contributed by atoms with E-state index in [4.69, 9.17) is 0 Å². The lowest BCUT2D eigenvalue weighted by Crippen LogP contribution is -2.41. The number of anilines is 1. The molecule has 0 radical (unpaired) electrons. The van der Waals surface area contributed by atoms with Crippen LogP contribution in [0.4, 0.5) is 10.1 Å². The summed E-state index contributed by atoms with van der Waals surface area (Å²) in [5.74, 6) is -0.960. The van der Waals surface area contributed by atoms with Gasteiger partial charge in [0.05, 0.1) is 17.7 Å². The molecule has 0 spiro atoms. The monoisotopic (exact) mass is 521 g/mol. The van der Waals surface area contributed by atoms with E-state index in [0.717, 1.165) is 0 Å². The smallest absolute Gasteiger partial charge is 0.256 e. The first-order valence-corrected chi connectivity index (χ1v) is 13.0. The number of hydrogen-bond acceptors (Lipinski definition) is 5. The summed E-state index contributed by atoms with van der Waals surface area (Å²) < 4.78 is 13.8. The van der Waals surface area contributed by atoms with Crippen molar-refractivity contribution in [1.82, 2.24) is 20.5 Å². The van der Waals surface area contributed by atoms with Crippen molar-refractivity contribution in [3.63, 3.8) is 0 Å². The van der Waals surface area contributed by atoms with Gasteiger partial charge in [-0.15, -0.1) is 11.3 Å². The normalized spacial score (nSPS) is 17.8. The minimum absolute atomic E-state index is 0.0165. The van der Waals surface area contributed by atoms with E-state index in [9.17, 15) is 18.8 Å². The van der Waals surface area contributed by atoms with Gasteiger partial charge in [-0.3, -0.25) is 14.4 Å². The highest BCUT2D eigenvalue weighted by Gasteiger charge is 2.29. The molecule has 1 aromatic carbocycles. The summed E-state index contributed by atoms with van der Waals surface area (Å²) in [7, 11) is 0. The molecule has 2 aliphatic heterocycles. The van der Waals surface area contributed by atoms with E-state index >= 15 is 0 Å². The van der Waals surface area contributed by atoms with Crippen LogP contribution in [0.15, 0.2) is 35.7 Å². The molecule has 5 rings (SSSR count). The Labute approximate surface area is 217 Å². The quantitative estimate of drug-likeness (QED) is 0.358. The number of hydrogen-bond donors (Lipinski definition) is 4. The van der Waals surface area contributed by atoms with Gasteiger partial charge in [0.15, 0.2) is 0 Å². The molecule has 0 aliphatic carbocycles. The number of H-pyrrole nitrogens is 1. The van der Waals surface area contributed by atoms with Gasteiger partial charge >= 0.3 is 0 Å². The van der Waals surface area contributed by atoms with Crippen molar-refractivity contribution in [3.8, 4) is 0 Å². The molecule has 1 saturated heterocycles. The summed E-state index contributed by atoms with van der Waals surface area (Å²) in [6.45, 7) is 5.59. The number of nitrogens with zero attached hydrogens (tertiary/aromatic N) is 1. The third kappa shape index (κ3) is 5.21. The number of fused-ring (bicyclic) bond motifs is 1. The van der Waals surface area contributed by atoms with Gasteiger partial charge in [0.1, 0.15) is 5.82 Å². The number of thiophene rings is 1. The van der Waals surface area contributed by atoms with Crippen LogP contribution in [-0.4, -0.2) is 53.3 Å². The third-order valence-corrected chi connectivity index (χ3v) is 7.66. The number of amides is 3. The molecule has 0 unspecified atom stereocenters. The van der Waals surface area contributed by atoms with Crippen LogP contribution in [0.5, 0.6) is 0 Å². The predicted molar refractivity (Wildman–Crippen MR) is 142 cm³/mol. The molecule has 1 fully saturated rings. The minimum atomic E-state index is -0.428. The standard InChI is InChI=1S/C27H28FN5O3S/c1-15-23(11-21-20-10-17(28)5-6-22(20)32-26(21)35)30-16(2)25(15)27(36)31-18-7-8-33(14-18)24(34)13-29-12-19-4-3-9-37-19/h3-6,9-11,18,29-30H,7-8,12-14H2,1-2H3,(H,31,36)(H,32,35)/b21-11-/t18-/m0/s1. The van der Waals surface area contributed by atoms with Gasteiger partial charge in [-0.25, -0.2) is 4.39 Å². The zero-order valence-corrected chi connectivity index (χ0v) is 21.4. The molecule has 2 aliphatic rings. The van der Waals surface area contributed by atoms with Gasteiger partial charge in [0.25, 0.3) is 11.8 Å². The molecule has 10 heteroatoms. The maximum atomic E-state index is 13.8. The topological polar surface area (TPSA) is 106 Å². The van der Waals surface area contributed by atoms with Gasteiger partial charge in [-0.2, -0.15) is 0 Å². The van der Waals surface area contributed by atoms with E-state index in [1.165, 1.54) is 23.1 Å². The first-order valence-electron chi connectivity index (χ1n) is 12.1. The lowest BCUT2D eigenvalue weighted by Gasteiger charge is -2.17. The van der Waals surface area contributed by atoms with E-state index in [2.05, 4.69) is 20.9 Å². The van der Waals surface area contributed by atoms with Crippen LogP contribution in [0, 0.1) is 19.7 Å². The predicted octanol–water partition coefficient (Wildman–Crippen LogP) is 3.45. The first-order chi connectivity index (χ1) is 17.8. The molecule has 1 atom stereocenters. The first kappa shape index (κ1) is 24.9. The van der Waals surface area contributed by atoms with Crippen molar-refractivity contribution in [1.29, 1.82) is 0 Å². The number of halogens is 1. The number of benzene rings is 1. The molecule has 3 amide bonds. The zero-order chi connectivity index (χ0) is 26.1. The summed E-state index contributed by atoms with van der Waals surface area (Å²) >= 11 is 1.65. The molecule has 37 heavy (non-hydrogen) atoms. The zero-order valence-electron chi connectivity index (χ0n) is 20.6. The number of aryl methyl sites for hydroxylation is 1. The average Bonchev–Trinajstić information content (AvgIpc) is 3.64. The van der Waals surface area contributed by atoms with Crippen LogP contribution in [0.2, 0.25) is 0 Å². The Kier molecular flexibility index (Phi) is 6.94. The number of aromatic amines is 1. The van der Waals surface area contributed by atoms with Crippen molar-refractivity contribution in [2.45, 2.75) is 32.9 Å². The average molecular weight is 522 g/mol. The number of carbonyl (C=O) groups excluding carboxylic acids is 3. The van der Waals surface area contributed by atoms with Crippen LogP contribution >= 0.6 is 11.3 Å². The summed E-state index contributed by atoms with van der Waals surface area (Å²) in [4.78, 5) is 44.4. The van der Waals surface area contributed by atoms with Crippen LogP contribution < -0.4 is 16.0 Å². The van der Waals surface area contributed by atoms with Crippen LogP contribution in [-0.2, 0) is 16.1 Å². The fourth-order valence-electron chi connectivity index (χ4n) is 4.89. The van der Waals surface area contributed by atoms with Crippen molar-refractivity contribution < 1.29 is 18.8 Å². The number of rotatable bonds is 7. The Morgan fingerprint density at radius 2 is 2.11 bits per heavy atom. The van der Waals surface area contributed by atoms with E-state index in [1.54, 1.807) is 29.2 Å². The van der Waals surface area contributed by atoms with Crippen molar-refractivity contribution in [3.05, 3.63) is 74.5 Å². The summed E-state index contributed by atoms with van der Waals surface area (Å²) in [6.07, 6.45) is 2.34. The van der Waals surface area contributed by atoms with E-state index in [1.807, 2.05) is 24.4 Å². The van der Waals surface area contributed by atoms with Gasteiger partial charge in [0.2, 0.25) is 5.91 Å². The molecule has 4 heterocycles. The maximum Gasteiger partial charge on any atom is 0.256 e. The second-order valence-electron chi connectivity index (χ2n) is 9.35. The number of nitrogens with one attached hydrogen (secondary N) is 4. The van der Waals surface area contributed by atoms with Crippen LogP contribution in [0.1, 0.15) is 44.2 Å². The molecule has 0 bridgehead atoms. The van der Waals surface area contributed by atoms with E-state index in [0.29, 0.717) is 65.4 Å². The van der Waals surface area contributed by atoms with Gasteiger partial charge in [-0.1, -0.05) is 6.07 Å². The molecule has 0 saturated carbocycles. The molecule has 192 valence electrons. The van der Waals surface area contributed by atoms with E-state index in [-0.39, 0.29) is 30.3 Å². The lowest BCUT2D eigenvalue weighted by molar-refractivity contribution is -0.129. The number of carbonyl (C=O) groups is 3. The number of aromatic nitrogens is 1. The largest absolute Gasteiger partial charge is 0.358 e. The van der Waals surface area contributed by atoms with Gasteiger partial charge in [0, 0.05) is 53.2 Å². The second-order valence-corrected chi connectivity index (χ2v) is 10.4.